The Balaban J connectivity index is 0.00000192. The normalized spacial score (nSPS) is 12.2. The smallest absolute Gasteiger partial charge is 0.269 e. The Morgan fingerprint density at radius 1 is 1.17 bits per heavy atom. The Labute approximate surface area is 140 Å². The van der Waals surface area contributed by atoms with Crippen molar-refractivity contribution >= 4 is 24.0 Å². The highest BCUT2D eigenvalue weighted by atomic mass is 35.5. The molecule has 1 aliphatic rings. The minimum atomic E-state index is -0.211. The molecule has 1 aromatic heterocycles. The molecule has 0 bridgehead atoms. The summed E-state index contributed by atoms with van der Waals surface area (Å²) >= 11 is 0. The Morgan fingerprint density at radius 2 is 1.96 bits per heavy atom. The number of amides is 1. The van der Waals surface area contributed by atoms with Crippen molar-refractivity contribution in [3.05, 3.63) is 47.8 Å². The van der Waals surface area contributed by atoms with Crippen LogP contribution in [0.15, 0.2) is 36.5 Å². The summed E-state index contributed by atoms with van der Waals surface area (Å²) in [6, 6.07) is 9.08. The number of carbonyl (C=O) groups is 1. The number of ether oxygens (including phenoxy) is 2. The van der Waals surface area contributed by atoms with E-state index < -0.39 is 0 Å². The van der Waals surface area contributed by atoms with E-state index in [-0.39, 0.29) is 18.3 Å². The molecule has 7 heteroatoms. The van der Waals surface area contributed by atoms with E-state index in [9.17, 15) is 4.79 Å². The Bertz CT molecular complexity index is 677. The quantitative estimate of drug-likeness (QED) is 0.890. The van der Waals surface area contributed by atoms with Crippen LogP contribution in [0.5, 0.6) is 11.5 Å². The zero-order valence-corrected chi connectivity index (χ0v) is 13.3. The molecule has 0 spiro atoms. The van der Waals surface area contributed by atoms with E-state index >= 15 is 0 Å². The van der Waals surface area contributed by atoms with Gasteiger partial charge in [0.25, 0.3) is 5.91 Å². The molecule has 6 nitrogen and oxygen atoms in total. The van der Waals surface area contributed by atoms with Gasteiger partial charge < -0.3 is 20.5 Å². The molecule has 23 heavy (non-hydrogen) atoms. The number of fused-ring (bicyclic) bond motifs is 1. The van der Waals surface area contributed by atoms with E-state index in [1.54, 1.807) is 12.1 Å². The molecule has 1 amide bonds. The number of nitrogen functional groups attached to an aromatic ring is 1. The molecule has 0 fully saturated rings. The number of nitrogens with zero attached hydrogens (tertiary/aromatic N) is 1. The van der Waals surface area contributed by atoms with E-state index in [0.717, 1.165) is 17.1 Å². The summed E-state index contributed by atoms with van der Waals surface area (Å²) in [5.74, 6) is 1.32. The van der Waals surface area contributed by atoms with Crippen molar-refractivity contribution in [1.29, 1.82) is 0 Å². The minimum absolute atomic E-state index is 0. The van der Waals surface area contributed by atoms with Gasteiger partial charge in [-0.15, -0.1) is 12.4 Å². The van der Waals surface area contributed by atoms with Gasteiger partial charge in [0.2, 0.25) is 0 Å². The fourth-order valence-corrected chi connectivity index (χ4v) is 2.19. The second kappa shape index (κ2) is 7.69. The van der Waals surface area contributed by atoms with Crippen LogP contribution in [0.25, 0.3) is 0 Å². The molecule has 122 valence electrons. The van der Waals surface area contributed by atoms with Crippen LogP contribution in [-0.4, -0.2) is 30.6 Å². The first-order chi connectivity index (χ1) is 10.7. The van der Waals surface area contributed by atoms with Gasteiger partial charge in [0.15, 0.2) is 11.5 Å². The highest BCUT2D eigenvalue weighted by Crippen LogP contribution is 2.30. The lowest BCUT2D eigenvalue weighted by atomic mass is 10.1. The van der Waals surface area contributed by atoms with E-state index in [4.69, 9.17) is 15.2 Å². The van der Waals surface area contributed by atoms with Crippen LogP contribution in [0.2, 0.25) is 0 Å². The van der Waals surface area contributed by atoms with Crippen molar-refractivity contribution in [3.8, 4) is 11.5 Å². The van der Waals surface area contributed by atoms with Crippen LogP contribution in [0.3, 0.4) is 0 Å². The number of halogens is 1. The van der Waals surface area contributed by atoms with Crippen LogP contribution in [0, 0.1) is 0 Å². The van der Waals surface area contributed by atoms with Crippen LogP contribution in [0.1, 0.15) is 16.1 Å². The van der Waals surface area contributed by atoms with Gasteiger partial charge in [0, 0.05) is 6.54 Å². The molecule has 0 saturated heterocycles. The fraction of sp³-hybridized carbons (Fsp3) is 0.250. The van der Waals surface area contributed by atoms with Gasteiger partial charge in [-0.1, -0.05) is 6.07 Å². The first kappa shape index (κ1) is 16.9. The van der Waals surface area contributed by atoms with Crippen LogP contribution in [-0.2, 0) is 6.42 Å². The molecule has 0 atom stereocenters. The number of anilines is 1. The average molecular weight is 336 g/mol. The number of hydrogen-bond acceptors (Lipinski definition) is 5. The number of nitrogens with two attached hydrogens (primary N) is 1. The largest absolute Gasteiger partial charge is 0.486 e. The Morgan fingerprint density at radius 3 is 2.70 bits per heavy atom. The lowest BCUT2D eigenvalue weighted by molar-refractivity contribution is 0.0949. The standard InChI is InChI=1S/C16H17N3O3.ClH/c17-12-2-3-13(19-10-12)16(20)18-6-5-11-1-4-14-15(9-11)22-8-7-21-14;/h1-4,9-10H,5-8,17H2,(H,18,20);1H. The molecular formula is C16H18ClN3O3. The number of rotatable bonds is 4. The summed E-state index contributed by atoms with van der Waals surface area (Å²) in [7, 11) is 0. The third-order valence-corrected chi connectivity index (χ3v) is 3.32. The SMILES string of the molecule is Cl.Nc1ccc(C(=O)NCCc2ccc3c(c2)OCCO3)nc1. The summed E-state index contributed by atoms with van der Waals surface area (Å²) in [4.78, 5) is 15.9. The van der Waals surface area contributed by atoms with Crippen LogP contribution >= 0.6 is 12.4 Å². The summed E-state index contributed by atoms with van der Waals surface area (Å²) in [5, 5.41) is 2.83. The number of pyridine rings is 1. The van der Waals surface area contributed by atoms with Gasteiger partial charge in [-0.05, 0) is 36.2 Å². The van der Waals surface area contributed by atoms with E-state index in [1.165, 1.54) is 6.20 Å². The molecule has 0 aliphatic carbocycles. The Kier molecular flexibility index (Phi) is 5.65. The molecule has 3 N–H and O–H groups in total. The van der Waals surface area contributed by atoms with E-state index in [1.807, 2.05) is 18.2 Å². The second-order valence-electron chi connectivity index (χ2n) is 4.96. The lowest BCUT2D eigenvalue weighted by Crippen LogP contribution is -2.26. The number of nitrogens with one attached hydrogen (secondary N) is 1. The predicted molar refractivity (Wildman–Crippen MR) is 89.4 cm³/mol. The number of carbonyl (C=O) groups excluding carboxylic acids is 1. The van der Waals surface area contributed by atoms with Gasteiger partial charge >= 0.3 is 0 Å². The summed E-state index contributed by atoms with van der Waals surface area (Å²) in [6.07, 6.45) is 2.17. The molecule has 0 saturated carbocycles. The molecule has 0 radical (unpaired) electrons. The van der Waals surface area contributed by atoms with Gasteiger partial charge in [0.05, 0.1) is 11.9 Å². The third-order valence-electron chi connectivity index (χ3n) is 3.32. The fourth-order valence-electron chi connectivity index (χ4n) is 2.19. The maximum Gasteiger partial charge on any atom is 0.269 e. The zero-order valence-electron chi connectivity index (χ0n) is 12.5. The molecule has 2 heterocycles. The lowest BCUT2D eigenvalue weighted by Gasteiger charge is -2.18. The minimum Gasteiger partial charge on any atom is -0.486 e. The number of aromatic nitrogens is 1. The van der Waals surface area contributed by atoms with Crippen LogP contribution in [0.4, 0.5) is 5.69 Å². The van der Waals surface area contributed by atoms with E-state index in [2.05, 4.69) is 10.3 Å². The van der Waals surface area contributed by atoms with Crippen molar-refractivity contribution in [3.63, 3.8) is 0 Å². The molecule has 3 rings (SSSR count). The zero-order chi connectivity index (χ0) is 15.4. The van der Waals surface area contributed by atoms with Crippen molar-refractivity contribution in [1.82, 2.24) is 10.3 Å². The van der Waals surface area contributed by atoms with Gasteiger partial charge in [-0.2, -0.15) is 0 Å². The monoisotopic (exact) mass is 335 g/mol. The molecule has 1 aliphatic heterocycles. The van der Waals surface area contributed by atoms with E-state index in [0.29, 0.717) is 37.6 Å². The third kappa shape index (κ3) is 4.26. The summed E-state index contributed by atoms with van der Waals surface area (Å²) in [5.41, 5.74) is 7.51. The average Bonchev–Trinajstić information content (AvgIpc) is 2.55. The number of benzene rings is 1. The maximum absolute atomic E-state index is 11.9. The molecule has 1 aromatic carbocycles. The van der Waals surface area contributed by atoms with Crippen molar-refractivity contribution in [2.24, 2.45) is 0 Å². The maximum atomic E-state index is 11.9. The molecular weight excluding hydrogens is 318 g/mol. The highest BCUT2D eigenvalue weighted by Gasteiger charge is 2.12. The van der Waals surface area contributed by atoms with Gasteiger partial charge in [-0.25, -0.2) is 4.98 Å². The van der Waals surface area contributed by atoms with Gasteiger partial charge in [-0.3, -0.25) is 4.79 Å². The van der Waals surface area contributed by atoms with Crippen molar-refractivity contribution < 1.29 is 14.3 Å². The van der Waals surface area contributed by atoms with Crippen molar-refractivity contribution in [2.75, 3.05) is 25.5 Å². The van der Waals surface area contributed by atoms with Crippen LogP contribution < -0.4 is 20.5 Å². The number of hydrogen-bond donors (Lipinski definition) is 2. The highest BCUT2D eigenvalue weighted by molar-refractivity contribution is 5.92. The van der Waals surface area contributed by atoms with Gasteiger partial charge in [0.1, 0.15) is 18.9 Å². The summed E-state index contributed by atoms with van der Waals surface area (Å²) in [6.45, 7) is 1.66. The summed E-state index contributed by atoms with van der Waals surface area (Å²) < 4.78 is 11.0. The topological polar surface area (TPSA) is 86.5 Å². The molecule has 2 aromatic rings. The molecule has 0 unspecified atom stereocenters. The Hall–Kier alpha value is -2.47. The predicted octanol–water partition coefficient (Wildman–Crippen LogP) is 1.83. The second-order valence-corrected chi connectivity index (χ2v) is 4.96. The van der Waals surface area contributed by atoms with Crippen molar-refractivity contribution in [2.45, 2.75) is 6.42 Å². The first-order valence-electron chi connectivity index (χ1n) is 7.10. The first-order valence-corrected chi connectivity index (χ1v) is 7.10.